The standard InChI is InChI=1S/C29H31F3N8O2/c1-27(2,3)41-25-19(13-34-26(38-25)42-28(4,5)6)20-11-22(40-24(37-20)7-8-35-40)18-10-17(18)16-9-23-21(33-12-16)14-36-39(23)15-29(30,31)32/h7-9,11-14,17-18H,10,15H2,1-6H3/t17-,18+/m1/s1. The van der Waals surface area contributed by atoms with Crippen LogP contribution >= 0.6 is 0 Å². The van der Waals surface area contributed by atoms with Crippen LogP contribution in [0.2, 0.25) is 0 Å². The summed E-state index contributed by atoms with van der Waals surface area (Å²) in [6.45, 7) is 10.4. The predicted octanol–water partition coefficient (Wildman–Crippen LogP) is 6.12. The molecule has 5 aromatic rings. The van der Waals surface area contributed by atoms with Crippen LogP contribution in [0, 0.1) is 0 Å². The summed E-state index contributed by atoms with van der Waals surface area (Å²) in [6.07, 6.45) is 2.80. The van der Waals surface area contributed by atoms with E-state index in [1.807, 2.05) is 53.7 Å². The fourth-order valence-electron chi connectivity index (χ4n) is 4.92. The number of aromatic nitrogens is 8. The number of pyridine rings is 1. The van der Waals surface area contributed by atoms with E-state index in [1.165, 1.54) is 6.20 Å². The largest absolute Gasteiger partial charge is 0.471 e. The van der Waals surface area contributed by atoms with Gasteiger partial charge < -0.3 is 9.47 Å². The molecule has 0 spiro atoms. The summed E-state index contributed by atoms with van der Waals surface area (Å²) in [7, 11) is 0. The number of alkyl halides is 3. The lowest BCUT2D eigenvalue weighted by Gasteiger charge is -2.24. The minimum absolute atomic E-state index is 0.0443. The van der Waals surface area contributed by atoms with Crippen molar-refractivity contribution in [3.8, 4) is 23.1 Å². The van der Waals surface area contributed by atoms with Gasteiger partial charge in [0.15, 0.2) is 5.65 Å². The molecule has 0 aliphatic heterocycles. The Bertz CT molecular complexity index is 1780. The number of hydrogen-bond acceptors (Lipinski definition) is 8. The van der Waals surface area contributed by atoms with Crippen LogP contribution in [-0.2, 0) is 6.54 Å². The number of halogens is 3. The summed E-state index contributed by atoms with van der Waals surface area (Å²) in [6, 6.07) is 5.72. The molecule has 1 aliphatic rings. The predicted molar refractivity (Wildman–Crippen MR) is 148 cm³/mol. The average molecular weight is 581 g/mol. The second kappa shape index (κ2) is 9.63. The lowest BCUT2D eigenvalue weighted by Crippen LogP contribution is -2.26. The van der Waals surface area contributed by atoms with E-state index in [2.05, 4.69) is 25.1 Å². The summed E-state index contributed by atoms with van der Waals surface area (Å²) in [5, 5.41) is 8.39. The highest BCUT2D eigenvalue weighted by Crippen LogP contribution is 2.55. The molecule has 0 amide bonds. The van der Waals surface area contributed by atoms with Gasteiger partial charge in [-0.15, -0.1) is 0 Å². The SMILES string of the molecule is CC(C)(C)Oc1ncc(-c2cc([C@H]3C[C@@H]3c3cnc4cnn(CC(F)(F)F)c4c3)n3nccc3n2)c(OC(C)(C)C)n1. The Morgan fingerprint density at radius 3 is 2.36 bits per heavy atom. The molecule has 1 fully saturated rings. The van der Waals surface area contributed by atoms with E-state index in [1.54, 1.807) is 29.2 Å². The van der Waals surface area contributed by atoms with Crippen molar-refractivity contribution in [2.45, 2.75) is 83.7 Å². The molecule has 10 nitrogen and oxygen atoms in total. The lowest BCUT2D eigenvalue weighted by molar-refractivity contribution is -0.141. The molecule has 6 rings (SSSR count). The van der Waals surface area contributed by atoms with Gasteiger partial charge in [0.2, 0.25) is 5.88 Å². The Labute approximate surface area is 239 Å². The van der Waals surface area contributed by atoms with Gasteiger partial charge >= 0.3 is 12.2 Å². The molecule has 5 heterocycles. The molecule has 0 unspecified atom stereocenters. The molecule has 0 bridgehead atoms. The maximum atomic E-state index is 13.1. The Kier molecular flexibility index (Phi) is 6.39. The van der Waals surface area contributed by atoms with Gasteiger partial charge in [0.25, 0.3) is 0 Å². The third kappa shape index (κ3) is 5.86. The van der Waals surface area contributed by atoms with Crippen LogP contribution in [0.5, 0.6) is 11.9 Å². The Balaban J connectivity index is 1.37. The first-order chi connectivity index (χ1) is 19.6. The molecule has 0 N–H and O–H groups in total. The molecule has 2 atom stereocenters. The van der Waals surface area contributed by atoms with Crippen molar-refractivity contribution in [2.75, 3.05) is 0 Å². The van der Waals surface area contributed by atoms with Crippen molar-refractivity contribution >= 4 is 16.7 Å². The molecule has 5 aromatic heterocycles. The van der Waals surface area contributed by atoms with E-state index in [0.717, 1.165) is 22.4 Å². The smallest absolute Gasteiger partial charge is 0.408 e. The third-order valence-corrected chi connectivity index (χ3v) is 6.64. The van der Waals surface area contributed by atoms with Crippen molar-refractivity contribution in [3.63, 3.8) is 0 Å². The topological polar surface area (TPSA) is 105 Å². The van der Waals surface area contributed by atoms with Crippen LogP contribution in [0.25, 0.3) is 27.9 Å². The first-order valence-electron chi connectivity index (χ1n) is 13.6. The fourth-order valence-corrected chi connectivity index (χ4v) is 4.92. The molecule has 13 heteroatoms. The molecule has 1 aliphatic carbocycles. The van der Waals surface area contributed by atoms with Crippen LogP contribution in [0.1, 0.15) is 71.1 Å². The van der Waals surface area contributed by atoms with E-state index in [-0.39, 0.29) is 17.8 Å². The molecular weight excluding hydrogens is 549 g/mol. The minimum Gasteiger partial charge on any atom is -0.471 e. The lowest BCUT2D eigenvalue weighted by atomic mass is 10.1. The van der Waals surface area contributed by atoms with Crippen LogP contribution in [0.3, 0.4) is 0 Å². The van der Waals surface area contributed by atoms with Gasteiger partial charge in [0.1, 0.15) is 23.3 Å². The average Bonchev–Trinajstić information content (AvgIpc) is 3.34. The molecule has 0 saturated heterocycles. The van der Waals surface area contributed by atoms with E-state index in [0.29, 0.717) is 33.8 Å². The van der Waals surface area contributed by atoms with E-state index < -0.39 is 23.9 Å². The summed E-state index contributed by atoms with van der Waals surface area (Å²) < 4.78 is 54.1. The Morgan fingerprint density at radius 2 is 1.64 bits per heavy atom. The van der Waals surface area contributed by atoms with Gasteiger partial charge in [0.05, 0.1) is 34.9 Å². The monoisotopic (exact) mass is 580 g/mol. The summed E-state index contributed by atoms with van der Waals surface area (Å²) >= 11 is 0. The maximum absolute atomic E-state index is 13.1. The first kappa shape index (κ1) is 27.9. The Morgan fingerprint density at radius 1 is 0.881 bits per heavy atom. The van der Waals surface area contributed by atoms with Gasteiger partial charge in [0, 0.05) is 24.4 Å². The molecular formula is C29H31F3N8O2. The number of rotatable bonds is 6. The molecule has 0 aromatic carbocycles. The molecule has 220 valence electrons. The number of fused-ring (bicyclic) bond motifs is 2. The number of ether oxygens (including phenoxy) is 2. The van der Waals surface area contributed by atoms with Crippen LogP contribution in [0.4, 0.5) is 13.2 Å². The number of nitrogens with zero attached hydrogens (tertiary/aromatic N) is 8. The van der Waals surface area contributed by atoms with Crippen molar-refractivity contribution < 1.29 is 22.6 Å². The van der Waals surface area contributed by atoms with Crippen LogP contribution < -0.4 is 9.47 Å². The van der Waals surface area contributed by atoms with Crippen molar-refractivity contribution in [1.82, 2.24) is 39.3 Å². The second-order valence-corrected chi connectivity index (χ2v) is 12.5. The van der Waals surface area contributed by atoms with E-state index in [9.17, 15) is 13.2 Å². The van der Waals surface area contributed by atoms with Gasteiger partial charge in [-0.1, -0.05) is 0 Å². The zero-order valence-electron chi connectivity index (χ0n) is 24.1. The van der Waals surface area contributed by atoms with Gasteiger partial charge in [-0.2, -0.15) is 28.4 Å². The minimum atomic E-state index is -4.38. The maximum Gasteiger partial charge on any atom is 0.408 e. The normalized spacial score (nSPS) is 17.6. The molecule has 42 heavy (non-hydrogen) atoms. The summed E-state index contributed by atoms with van der Waals surface area (Å²) in [5.74, 6) is 0.436. The van der Waals surface area contributed by atoms with Crippen molar-refractivity contribution in [1.29, 1.82) is 0 Å². The Hall–Kier alpha value is -4.29. The third-order valence-electron chi connectivity index (χ3n) is 6.64. The zero-order valence-corrected chi connectivity index (χ0v) is 24.1. The highest BCUT2D eigenvalue weighted by molar-refractivity contribution is 5.75. The van der Waals surface area contributed by atoms with E-state index >= 15 is 0 Å². The highest BCUT2D eigenvalue weighted by Gasteiger charge is 2.42. The summed E-state index contributed by atoms with van der Waals surface area (Å²) in [5.41, 5.74) is 3.35. The van der Waals surface area contributed by atoms with Crippen molar-refractivity contribution in [2.24, 2.45) is 0 Å². The van der Waals surface area contributed by atoms with Gasteiger partial charge in [-0.05, 0) is 71.6 Å². The zero-order chi connectivity index (χ0) is 30.0. The van der Waals surface area contributed by atoms with Crippen molar-refractivity contribution in [3.05, 3.63) is 54.2 Å². The number of hydrogen-bond donors (Lipinski definition) is 0. The second-order valence-electron chi connectivity index (χ2n) is 12.5. The quantitative estimate of drug-likeness (QED) is 0.237. The van der Waals surface area contributed by atoms with Crippen LogP contribution in [0.15, 0.2) is 43.0 Å². The molecule has 1 saturated carbocycles. The van der Waals surface area contributed by atoms with Gasteiger partial charge in [-0.3, -0.25) is 9.67 Å². The van der Waals surface area contributed by atoms with E-state index in [4.69, 9.17) is 14.5 Å². The van der Waals surface area contributed by atoms with Gasteiger partial charge in [-0.25, -0.2) is 14.5 Å². The van der Waals surface area contributed by atoms with Crippen LogP contribution in [-0.4, -0.2) is 56.7 Å². The summed E-state index contributed by atoms with van der Waals surface area (Å²) in [4.78, 5) is 18.2. The first-order valence-corrected chi connectivity index (χ1v) is 13.6. The highest BCUT2D eigenvalue weighted by atomic mass is 19.4. The fraction of sp³-hybridized carbons (Fsp3) is 0.448. The molecule has 0 radical (unpaired) electrons.